The summed E-state index contributed by atoms with van der Waals surface area (Å²) in [7, 11) is 0. The van der Waals surface area contributed by atoms with Crippen molar-refractivity contribution >= 4 is 12.0 Å². The Morgan fingerprint density at radius 2 is 2.17 bits per heavy atom. The molecule has 0 bridgehead atoms. The number of imide groups is 1. The van der Waals surface area contributed by atoms with Gasteiger partial charge in [0.25, 0.3) is 0 Å². The lowest BCUT2D eigenvalue weighted by Gasteiger charge is -2.24. The van der Waals surface area contributed by atoms with Crippen LogP contribution < -0.4 is 0 Å². The highest BCUT2D eigenvalue weighted by molar-refractivity contribution is 5.96. The van der Waals surface area contributed by atoms with Gasteiger partial charge in [-0.15, -0.1) is 0 Å². The molecule has 1 heterocycles. The molecule has 2 amide bonds. The molecule has 0 N–H and O–H groups in total. The maximum absolute atomic E-state index is 12.8. The van der Waals surface area contributed by atoms with E-state index in [9.17, 15) is 9.59 Å². The van der Waals surface area contributed by atoms with E-state index in [0.29, 0.717) is 12.8 Å². The largest absolute Gasteiger partial charge is 0.447 e. The minimum Gasteiger partial charge on any atom is -0.447 e. The molecule has 1 aliphatic heterocycles. The predicted octanol–water partition coefficient (Wildman–Crippen LogP) is 3.69. The topological polar surface area (TPSA) is 95.4 Å². The monoisotopic (exact) mass is 330 g/mol. The highest BCUT2D eigenvalue weighted by Crippen LogP contribution is 2.22. The molecule has 7 heteroatoms. The standard InChI is InChI=1S/C17H22N4O3/c1-3-12(2)9-15(19-20-18)16(22)21-14(11-24-17(21)23)10-13-7-5-4-6-8-13/h4-8,12,14-15H,3,9-11H2,1-2H3/t12-,14-,15?/m0/s1. The van der Waals surface area contributed by atoms with E-state index >= 15 is 0 Å². The van der Waals surface area contributed by atoms with E-state index in [4.69, 9.17) is 10.3 Å². The quantitative estimate of drug-likeness (QED) is 0.433. The number of benzene rings is 1. The molecular weight excluding hydrogens is 308 g/mol. The van der Waals surface area contributed by atoms with Crippen LogP contribution in [-0.2, 0) is 16.0 Å². The molecule has 0 aliphatic carbocycles. The Morgan fingerprint density at radius 3 is 2.79 bits per heavy atom. The molecule has 3 atom stereocenters. The van der Waals surface area contributed by atoms with Crippen molar-refractivity contribution in [2.45, 2.75) is 45.2 Å². The zero-order valence-corrected chi connectivity index (χ0v) is 14.0. The van der Waals surface area contributed by atoms with Crippen molar-refractivity contribution < 1.29 is 14.3 Å². The fourth-order valence-corrected chi connectivity index (χ4v) is 2.73. The third-order valence-electron chi connectivity index (χ3n) is 4.31. The van der Waals surface area contributed by atoms with E-state index in [0.717, 1.165) is 16.9 Å². The van der Waals surface area contributed by atoms with Crippen molar-refractivity contribution in [3.05, 3.63) is 46.3 Å². The van der Waals surface area contributed by atoms with E-state index in [-0.39, 0.29) is 18.6 Å². The van der Waals surface area contributed by atoms with Crippen LogP contribution in [0.1, 0.15) is 32.3 Å². The second-order valence-corrected chi connectivity index (χ2v) is 6.10. The van der Waals surface area contributed by atoms with Gasteiger partial charge in [-0.2, -0.15) is 0 Å². The van der Waals surface area contributed by atoms with Gasteiger partial charge in [-0.3, -0.25) is 4.79 Å². The molecule has 0 radical (unpaired) electrons. The van der Waals surface area contributed by atoms with E-state index in [1.165, 1.54) is 0 Å². The van der Waals surface area contributed by atoms with Crippen molar-refractivity contribution in [2.24, 2.45) is 11.0 Å². The number of rotatable bonds is 7. The van der Waals surface area contributed by atoms with Gasteiger partial charge < -0.3 is 4.74 Å². The maximum Gasteiger partial charge on any atom is 0.416 e. The van der Waals surface area contributed by atoms with Crippen molar-refractivity contribution in [1.82, 2.24) is 4.90 Å². The van der Waals surface area contributed by atoms with Gasteiger partial charge in [-0.05, 0) is 29.9 Å². The number of cyclic esters (lactones) is 1. The lowest BCUT2D eigenvalue weighted by molar-refractivity contribution is -0.130. The number of nitrogens with zero attached hydrogens (tertiary/aromatic N) is 4. The van der Waals surface area contributed by atoms with Gasteiger partial charge in [0.2, 0.25) is 5.91 Å². The minimum atomic E-state index is -0.881. The van der Waals surface area contributed by atoms with Crippen molar-refractivity contribution in [1.29, 1.82) is 0 Å². The maximum atomic E-state index is 12.8. The Balaban J connectivity index is 2.16. The highest BCUT2D eigenvalue weighted by Gasteiger charge is 2.40. The number of carbonyl (C=O) groups excluding carboxylic acids is 2. The first-order valence-corrected chi connectivity index (χ1v) is 8.14. The van der Waals surface area contributed by atoms with Gasteiger partial charge >= 0.3 is 6.09 Å². The van der Waals surface area contributed by atoms with Gasteiger partial charge in [0.15, 0.2) is 0 Å². The molecule has 1 fully saturated rings. The Morgan fingerprint density at radius 1 is 1.46 bits per heavy atom. The van der Waals surface area contributed by atoms with E-state index < -0.39 is 18.0 Å². The zero-order valence-electron chi connectivity index (χ0n) is 14.0. The van der Waals surface area contributed by atoms with E-state index in [2.05, 4.69) is 10.0 Å². The molecule has 128 valence electrons. The second kappa shape index (κ2) is 8.36. The van der Waals surface area contributed by atoms with Crippen LogP contribution in [0, 0.1) is 5.92 Å². The fraction of sp³-hybridized carbons (Fsp3) is 0.529. The van der Waals surface area contributed by atoms with Gasteiger partial charge in [0.1, 0.15) is 12.6 Å². The molecular formula is C17H22N4O3. The average Bonchev–Trinajstić information content (AvgIpc) is 2.95. The Bertz CT molecular complexity index is 628. The van der Waals surface area contributed by atoms with E-state index in [1.54, 1.807) is 0 Å². The summed E-state index contributed by atoms with van der Waals surface area (Å²) >= 11 is 0. The predicted molar refractivity (Wildman–Crippen MR) is 89.1 cm³/mol. The summed E-state index contributed by atoms with van der Waals surface area (Å²) in [5.74, 6) is -0.257. The van der Waals surface area contributed by atoms with E-state index in [1.807, 2.05) is 44.2 Å². The summed E-state index contributed by atoms with van der Waals surface area (Å²) in [4.78, 5) is 28.7. The summed E-state index contributed by atoms with van der Waals surface area (Å²) in [6, 6.07) is 8.35. The third-order valence-corrected chi connectivity index (χ3v) is 4.31. The lowest BCUT2D eigenvalue weighted by Crippen LogP contribution is -2.45. The molecule has 1 aromatic rings. The first kappa shape index (κ1) is 17.8. The van der Waals surface area contributed by atoms with Crippen LogP contribution in [0.5, 0.6) is 0 Å². The molecule has 0 spiro atoms. The minimum absolute atomic E-state index is 0.159. The molecule has 1 aliphatic rings. The lowest BCUT2D eigenvalue weighted by atomic mass is 9.98. The van der Waals surface area contributed by atoms with Crippen molar-refractivity contribution in [3.63, 3.8) is 0 Å². The van der Waals surface area contributed by atoms with Gasteiger partial charge in [-0.25, -0.2) is 9.69 Å². The van der Waals surface area contributed by atoms with Crippen LogP contribution in [0.4, 0.5) is 4.79 Å². The SMILES string of the molecule is CC[C@H](C)CC(N=[N+]=[N-])C(=O)N1C(=O)OC[C@@H]1Cc1ccccc1. The molecule has 0 aromatic heterocycles. The normalized spacial score (nSPS) is 19.3. The Hall–Kier alpha value is -2.53. The number of hydrogen-bond donors (Lipinski definition) is 0. The van der Waals surface area contributed by atoms with Crippen LogP contribution in [-0.4, -0.2) is 35.6 Å². The fourth-order valence-electron chi connectivity index (χ4n) is 2.73. The smallest absolute Gasteiger partial charge is 0.416 e. The molecule has 1 aromatic carbocycles. The van der Waals surface area contributed by atoms with Gasteiger partial charge in [0, 0.05) is 4.91 Å². The molecule has 24 heavy (non-hydrogen) atoms. The Kier molecular flexibility index (Phi) is 6.21. The number of ether oxygens (including phenoxy) is 1. The summed E-state index contributed by atoms with van der Waals surface area (Å²) < 4.78 is 5.06. The first-order valence-electron chi connectivity index (χ1n) is 8.14. The number of carbonyl (C=O) groups is 2. The summed E-state index contributed by atoms with van der Waals surface area (Å²) in [6.07, 6.45) is 1.14. The Labute approximate surface area is 141 Å². The molecule has 2 rings (SSSR count). The highest BCUT2D eigenvalue weighted by atomic mass is 16.6. The van der Waals surface area contributed by atoms with Gasteiger partial charge in [0.05, 0.1) is 6.04 Å². The van der Waals surface area contributed by atoms with Crippen molar-refractivity contribution in [3.8, 4) is 0 Å². The molecule has 0 saturated carbocycles. The van der Waals surface area contributed by atoms with Crippen LogP contribution in [0.15, 0.2) is 35.4 Å². The zero-order chi connectivity index (χ0) is 17.5. The van der Waals surface area contributed by atoms with Gasteiger partial charge in [-0.1, -0.05) is 55.7 Å². The first-order chi connectivity index (χ1) is 11.6. The molecule has 1 unspecified atom stereocenters. The second-order valence-electron chi connectivity index (χ2n) is 6.10. The summed E-state index contributed by atoms with van der Waals surface area (Å²) in [5, 5.41) is 3.61. The van der Waals surface area contributed by atoms with Crippen molar-refractivity contribution in [2.75, 3.05) is 6.61 Å². The van der Waals surface area contributed by atoms with Crippen LogP contribution >= 0.6 is 0 Å². The third kappa shape index (κ3) is 4.26. The van der Waals surface area contributed by atoms with Crippen LogP contribution in [0.2, 0.25) is 0 Å². The summed E-state index contributed by atoms with van der Waals surface area (Å²) in [5.41, 5.74) is 9.77. The number of azide groups is 1. The average molecular weight is 330 g/mol. The number of amides is 2. The summed E-state index contributed by atoms with van der Waals surface area (Å²) in [6.45, 7) is 4.15. The number of hydrogen-bond acceptors (Lipinski definition) is 4. The molecule has 7 nitrogen and oxygen atoms in total. The van der Waals surface area contributed by atoms with Crippen LogP contribution in [0.25, 0.3) is 10.4 Å². The van der Waals surface area contributed by atoms with Crippen LogP contribution in [0.3, 0.4) is 0 Å². The molecule has 1 saturated heterocycles.